The zero-order valence-electron chi connectivity index (χ0n) is 11.4. The Bertz CT molecular complexity index is 697. The molecule has 2 aromatic rings. The maximum Gasteiger partial charge on any atom is 0.231 e. The van der Waals surface area contributed by atoms with Gasteiger partial charge in [0.05, 0.1) is 5.56 Å². The Hall–Kier alpha value is -2.01. The number of rotatable bonds is 4. The average molecular weight is 349 g/mol. The second-order valence-electron chi connectivity index (χ2n) is 4.67. The van der Waals surface area contributed by atoms with Gasteiger partial charge in [-0.3, -0.25) is 4.79 Å². The lowest BCUT2D eigenvalue weighted by molar-refractivity contribution is 0.101. The number of carbonyl (C=O) groups excluding carboxylic acids is 1. The summed E-state index contributed by atoms with van der Waals surface area (Å²) < 4.78 is 17.2. The van der Waals surface area contributed by atoms with Crippen LogP contribution in [0.3, 0.4) is 0 Å². The smallest absolute Gasteiger partial charge is 0.231 e. The molecule has 21 heavy (non-hydrogen) atoms. The van der Waals surface area contributed by atoms with E-state index in [-0.39, 0.29) is 12.6 Å². The largest absolute Gasteiger partial charge is 0.488 e. The fraction of sp³-hybridized carbons (Fsp3) is 0.188. The molecule has 2 aromatic carbocycles. The molecule has 0 radical (unpaired) electrons. The molecular weight excluding hydrogens is 336 g/mol. The van der Waals surface area contributed by atoms with Crippen LogP contribution in [-0.2, 0) is 6.61 Å². The van der Waals surface area contributed by atoms with Crippen LogP contribution in [0.15, 0.2) is 40.9 Å². The lowest BCUT2D eigenvalue weighted by Crippen LogP contribution is -2.01. The quantitative estimate of drug-likeness (QED) is 0.784. The van der Waals surface area contributed by atoms with E-state index in [1.165, 1.54) is 6.92 Å². The van der Waals surface area contributed by atoms with Crippen LogP contribution in [0.1, 0.15) is 22.8 Å². The molecule has 0 aliphatic carbocycles. The number of benzene rings is 2. The summed E-state index contributed by atoms with van der Waals surface area (Å²) >= 11 is 3.36. The highest BCUT2D eigenvalue weighted by atomic mass is 79.9. The minimum absolute atomic E-state index is 0.0306. The van der Waals surface area contributed by atoms with E-state index >= 15 is 0 Å². The number of ether oxygens (including phenoxy) is 3. The lowest BCUT2D eigenvalue weighted by atomic mass is 10.1. The molecule has 0 aromatic heterocycles. The van der Waals surface area contributed by atoms with Crippen molar-refractivity contribution in [1.82, 2.24) is 0 Å². The normalized spacial score (nSPS) is 12.3. The fourth-order valence-electron chi connectivity index (χ4n) is 2.10. The number of fused-ring (bicyclic) bond motifs is 1. The van der Waals surface area contributed by atoms with E-state index < -0.39 is 0 Å². The van der Waals surface area contributed by atoms with Gasteiger partial charge in [0.1, 0.15) is 12.4 Å². The summed E-state index contributed by atoms with van der Waals surface area (Å²) in [6, 6.07) is 11.1. The summed E-state index contributed by atoms with van der Waals surface area (Å²) in [5.74, 6) is 2.01. The molecule has 0 amide bonds. The third-order valence-corrected chi connectivity index (χ3v) is 3.65. The second-order valence-corrected chi connectivity index (χ2v) is 5.59. The van der Waals surface area contributed by atoms with Crippen LogP contribution in [0, 0.1) is 0 Å². The van der Waals surface area contributed by atoms with Crippen molar-refractivity contribution in [2.75, 3.05) is 6.79 Å². The van der Waals surface area contributed by atoms with Crippen molar-refractivity contribution in [1.29, 1.82) is 0 Å². The second kappa shape index (κ2) is 5.77. The van der Waals surface area contributed by atoms with Crippen molar-refractivity contribution in [3.8, 4) is 17.2 Å². The van der Waals surface area contributed by atoms with Gasteiger partial charge in [-0.05, 0) is 42.8 Å². The Balaban J connectivity index is 1.77. The molecule has 3 rings (SSSR count). The van der Waals surface area contributed by atoms with Crippen molar-refractivity contribution < 1.29 is 19.0 Å². The fourth-order valence-corrected chi connectivity index (χ4v) is 2.46. The third-order valence-electron chi connectivity index (χ3n) is 3.15. The van der Waals surface area contributed by atoms with E-state index in [4.69, 9.17) is 14.2 Å². The van der Waals surface area contributed by atoms with Gasteiger partial charge in [-0.15, -0.1) is 0 Å². The van der Waals surface area contributed by atoms with Crippen LogP contribution < -0.4 is 14.2 Å². The first-order chi connectivity index (χ1) is 10.1. The predicted molar refractivity (Wildman–Crippen MR) is 81.0 cm³/mol. The van der Waals surface area contributed by atoms with E-state index in [2.05, 4.69) is 15.9 Å². The Morgan fingerprint density at radius 2 is 2.00 bits per heavy atom. The number of hydrogen-bond donors (Lipinski definition) is 0. The van der Waals surface area contributed by atoms with Gasteiger partial charge in [0.2, 0.25) is 6.79 Å². The summed E-state index contributed by atoms with van der Waals surface area (Å²) in [5.41, 5.74) is 1.52. The summed E-state index contributed by atoms with van der Waals surface area (Å²) in [6.07, 6.45) is 0. The standard InChI is InChI=1S/C16H13BrO4/c1-10(18)13-7-12(17)3-5-14(13)19-8-11-2-4-15-16(6-11)21-9-20-15/h2-7H,8-9H2,1H3. The molecule has 0 bridgehead atoms. The summed E-state index contributed by atoms with van der Waals surface area (Å²) in [5, 5.41) is 0. The Morgan fingerprint density at radius 1 is 1.19 bits per heavy atom. The SMILES string of the molecule is CC(=O)c1cc(Br)ccc1OCc1ccc2c(c1)OCO2. The van der Waals surface area contributed by atoms with Gasteiger partial charge >= 0.3 is 0 Å². The molecule has 0 unspecified atom stereocenters. The molecule has 108 valence electrons. The highest BCUT2D eigenvalue weighted by molar-refractivity contribution is 9.10. The maximum absolute atomic E-state index is 11.6. The zero-order chi connectivity index (χ0) is 14.8. The van der Waals surface area contributed by atoms with Crippen molar-refractivity contribution in [2.45, 2.75) is 13.5 Å². The highest BCUT2D eigenvalue weighted by Crippen LogP contribution is 2.33. The molecule has 0 spiro atoms. The van der Waals surface area contributed by atoms with Gasteiger partial charge in [-0.25, -0.2) is 0 Å². The van der Waals surface area contributed by atoms with E-state index in [0.29, 0.717) is 17.9 Å². The van der Waals surface area contributed by atoms with Crippen LogP contribution in [0.2, 0.25) is 0 Å². The lowest BCUT2D eigenvalue weighted by Gasteiger charge is -2.10. The molecule has 1 aliphatic heterocycles. The summed E-state index contributed by atoms with van der Waals surface area (Å²) in [4.78, 5) is 11.6. The Kier molecular flexibility index (Phi) is 3.84. The minimum Gasteiger partial charge on any atom is -0.488 e. The Labute approximate surface area is 130 Å². The first-order valence-corrected chi connectivity index (χ1v) is 7.24. The molecule has 0 saturated carbocycles. The van der Waals surface area contributed by atoms with Gasteiger partial charge in [-0.1, -0.05) is 22.0 Å². The van der Waals surface area contributed by atoms with Gasteiger partial charge < -0.3 is 14.2 Å². The maximum atomic E-state index is 11.6. The molecular formula is C16H13BrO4. The number of Topliss-reactive ketones (excluding diaryl/α,β-unsaturated/α-hetero) is 1. The van der Waals surface area contributed by atoms with Crippen molar-refractivity contribution in [3.63, 3.8) is 0 Å². The Morgan fingerprint density at radius 3 is 2.81 bits per heavy atom. The summed E-state index contributed by atoms with van der Waals surface area (Å²) in [6.45, 7) is 2.13. The zero-order valence-corrected chi connectivity index (χ0v) is 13.0. The third kappa shape index (κ3) is 3.03. The number of hydrogen-bond acceptors (Lipinski definition) is 4. The van der Waals surface area contributed by atoms with Crippen LogP contribution in [0.5, 0.6) is 17.2 Å². The van der Waals surface area contributed by atoms with E-state index in [1.807, 2.05) is 24.3 Å². The molecule has 4 nitrogen and oxygen atoms in total. The van der Waals surface area contributed by atoms with Gasteiger partial charge in [0.25, 0.3) is 0 Å². The van der Waals surface area contributed by atoms with Gasteiger partial charge in [0.15, 0.2) is 17.3 Å². The van der Waals surface area contributed by atoms with Gasteiger partial charge in [0, 0.05) is 4.47 Å². The number of halogens is 1. The first kappa shape index (κ1) is 13.9. The molecule has 0 fully saturated rings. The molecule has 0 N–H and O–H groups in total. The molecule has 0 saturated heterocycles. The van der Waals surface area contributed by atoms with Crippen molar-refractivity contribution in [3.05, 3.63) is 52.0 Å². The minimum atomic E-state index is -0.0306. The van der Waals surface area contributed by atoms with Crippen molar-refractivity contribution in [2.24, 2.45) is 0 Å². The van der Waals surface area contributed by atoms with Gasteiger partial charge in [-0.2, -0.15) is 0 Å². The topological polar surface area (TPSA) is 44.8 Å². The van der Waals surface area contributed by atoms with E-state index in [9.17, 15) is 4.79 Å². The summed E-state index contributed by atoms with van der Waals surface area (Å²) in [7, 11) is 0. The number of carbonyl (C=O) groups is 1. The monoisotopic (exact) mass is 348 g/mol. The van der Waals surface area contributed by atoms with E-state index in [1.54, 1.807) is 12.1 Å². The van der Waals surface area contributed by atoms with Crippen molar-refractivity contribution >= 4 is 21.7 Å². The molecule has 1 heterocycles. The molecule has 1 aliphatic rings. The van der Waals surface area contributed by atoms with Crippen LogP contribution in [-0.4, -0.2) is 12.6 Å². The van der Waals surface area contributed by atoms with Crippen LogP contribution >= 0.6 is 15.9 Å². The van der Waals surface area contributed by atoms with Crippen LogP contribution in [0.25, 0.3) is 0 Å². The molecule has 0 atom stereocenters. The highest BCUT2D eigenvalue weighted by Gasteiger charge is 2.14. The van der Waals surface area contributed by atoms with Crippen LogP contribution in [0.4, 0.5) is 0 Å². The van der Waals surface area contributed by atoms with E-state index in [0.717, 1.165) is 21.5 Å². The average Bonchev–Trinajstić information content (AvgIpc) is 2.93. The molecule has 5 heteroatoms. The first-order valence-electron chi connectivity index (χ1n) is 6.45. The predicted octanol–water partition coefficient (Wildman–Crippen LogP) is 3.96. The number of ketones is 1.